The Hall–Kier alpha value is -2.01. The van der Waals surface area contributed by atoms with Gasteiger partial charge in [0.1, 0.15) is 11.5 Å². The normalized spacial score (nSPS) is 10.3. The van der Waals surface area contributed by atoms with Crippen molar-refractivity contribution in [2.24, 2.45) is 0 Å². The number of ether oxygens (including phenoxy) is 2. The number of hydrogen-bond donors (Lipinski definition) is 1. The SMILES string of the molecule is COc1ccc(CCNC(=O)Cc2cccs2)c(OC)c1C. The van der Waals surface area contributed by atoms with Crippen LogP contribution in [0.1, 0.15) is 16.0 Å². The average molecular weight is 319 g/mol. The Morgan fingerprint density at radius 1 is 1.23 bits per heavy atom. The fourth-order valence-electron chi connectivity index (χ4n) is 2.40. The second-order valence-electron chi connectivity index (χ2n) is 4.94. The lowest BCUT2D eigenvalue weighted by Gasteiger charge is -2.14. The Kier molecular flexibility index (Phi) is 5.83. The summed E-state index contributed by atoms with van der Waals surface area (Å²) in [4.78, 5) is 12.9. The summed E-state index contributed by atoms with van der Waals surface area (Å²) in [6.07, 6.45) is 1.17. The summed E-state index contributed by atoms with van der Waals surface area (Å²) in [5.74, 6) is 1.68. The molecule has 118 valence electrons. The van der Waals surface area contributed by atoms with Gasteiger partial charge in [-0.05, 0) is 36.4 Å². The maximum absolute atomic E-state index is 11.9. The number of benzene rings is 1. The van der Waals surface area contributed by atoms with E-state index in [1.807, 2.05) is 36.6 Å². The molecule has 2 rings (SSSR count). The molecule has 0 saturated carbocycles. The first-order valence-corrected chi connectivity index (χ1v) is 8.03. The van der Waals surface area contributed by atoms with Crippen molar-refractivity contribution in [3.05, 3.63) is 45.6 Å². The van der Waals surface area contributed by atoms with Crippen LogP contribution in [0.25, 0.3) is 0 Å². The zero-order valence-corrected chi connectivity index (χ0v) is 14.0. The molecule has 0 spiro atoms. The van der Waals surface area contributed by atoms with E-state index in [9.17, 15) is 4.79 Å². The van der Waals surface area contributed by atoms with Crippen LogP contribution in [0.15, 0.2) is 29.6 Å². The molecule has 0 unspecified atom stereocenters. The topological polar surface area (TPSA) is 47.6 Å². The van der Waals surface area contributed by atoms with E-state index in [0.29, 0.717) is 13.0 Å². The lowest BCUT2D eigenvalue weighted by Crippen LogP contribution is -2.27. The van der Waals surface area contributed by atoms with Gasteiger partial charge in [-0.15, -0.1) is 11.3 Å². The largest absolute Gasteiger partial charge is 0.496 e. The third-order valence-corrected chi connectivity index (χ3v) is 4.37. The Labute approximate surface area is 135 Å². The molecule has 0 aliphatic carbocycles. The predicted octanol–water partition coefficient (Wildman–Crippen LogP) is 2.98. The quantitative estimate of drug-likeness (QED) is 0.853. The zero-order valence-electron chi connectivity index (χ0n) is 13.1. The van der Waals surface area contributed by atoms with Crippen molar-refractivity contribution in [3.63, 3.8) is 0 Å². The Balaban J connectivity index is 1.91. The number of carbonyl (C=O) groups is 1. The second kappa shape index (κ2) is 7.84. The van der Waals surface area contributed by atoms with Crippen LogP contribution >= 0.6 is 11.3 Å². The molecule has 1 N–H and O–H groups in total. The molecule has 1 amide bonds. The Morgan fingerprint density at radius 2 is 2.05 bits per heavy atom. The molecule has 1 aromatic carbocycles. The zero-order chi connectivity index (χ0) is 15.9. The second-order valence-corrected chi connectivity index (χ2v) is 5.97. The molecule has 0 aliphatic heterocycles. The number of thiophene rings is 1. The minimum atomic E-state index is 0.0478. The molecule has 0 bridgehead atoms. The molecule has 0 atom stereocenters. The minimum absolute atomic E-state index is 0.0478. The van der Waals surface area contributed by atoms with Gasteiger partial charge < -0.3 is 14.8 Å². The van der Waals surface area contributed by atoms with Gasteiger partial charge in [-0.2, -0.15) is 0 Å². The van der Waals surface area contributed by atoms with Crippen molar-refractivity contribution in [2.45, 2.75) is 19.8 Å². The first-order valence-electron chi connectivity index (χ1n) is 7.15. The fourth-order valence-corrected chi connectivity index (χ4v) is 3.11. The molecule has 4 nitrogen and oxygen atoms in total. The van der Waals surface area contributed by atoms with Crippen molar-refractivity contribution < 1.29 is 14.3 Å². The van der Waals surface area contributed by atoms with Gasteiger partial charge in [0.25, 0.3) is 0 Å². The standard InChI is InChI=1S/C17H21NO3S/c1-12-15(20-2)7-6-13(17(12)21-3)8-9-18-16(19)11-14-5-4-10-22-14/h4-7,10H,8-9,11H2,1-3H3,(H,18,19). The van der Waals surface area contributed by atoms with Gasteiger partial charge in [-0.3, -0.25) is 4.79 Å². The number of rotatable bonds is 7. The molecule has 1 heterocycles. The number of carbonyl (C=O) groups excluding carboxylic acids is 1. The van der Waals surface area contributed by atoms with Crippen molar-refractivity contribution in [1.82, 2.24) is 5.32 Å². The molecule has 0 fully saturated rings. The monoisotopic (exact) mass is 319 g/mol. The van der Waals surface area contributed by atoms with E-state index < -0.39 is 0 Å². The van der Waals surface area contributed by atoms with E-state index in [-0.39, 0.29) is 5.91 Å². The van der Waals surface area contributed by atoms with E-state index in [4.69, 9.17) is 9.47 Å². The lowest BCUT2D eigenvalue weighted by atomic mass is 10.1. The number of methoxy groups -OCH3 is 2. The first-order chi connectivity index (χ1) is 10.7. The lowest BCUT2D eigenvalue weighted by molar-refractivity contribution is -0.120. The Morgan fingerprint density at radius 3 is 2.68 bits per heavy atom. The van der Waals surface area contributed by atoms with Crippen LogP contribution in [0.5, 0.6) is 11.5 Å². The van der Waals surface area contributed by atoms with Crippen LogP contribution in [0.4, 0.5) is 0 Å². The molecule has 5 heteroatoms. The number of amides is 1. The van der Waals surface area contributed by atoms with Crippen LogP contribution in [0.3, 0.4) is 0 Å². The summed E-state index contributed by atoms with van der Waals surface area (Å²) in [5.41, 5.74) is 2.05. The first kappa shape index (κ1) is 16.4. The third-order valence-electron chi connectivity index (χ3n) is 3.49. The summed E-state index contributed by atoms with van der Waals surface area (Å²) < 4.78 is 10.8. The van der Waals surface area contributed by atoms with Gasteiger partial charge in [-0.1, -0.05) is 12.1 Å². The maximum atomic E-state index is 11.9. The Bertz CT molecular complexity index is 623. The van der Waals surface area contributed by atoms with Gasteiger partial charge in [0.15, 0.2) is 0 Å². The number of nitrogens with one attached hydrogen (secondary N) is 1. The van der Waals surface area contributed by atoms with Gasteiger partial charge in [0, 0.05) is 17.0 Å². The predicted molar refractivity (Wildman–Crippen MR) is 89.0 cm³/mol. The molecule has 2 aromatic rings. The van der Waals surface area contributed by atoms with Crippen LogP contribution < -0.4 is 14.8 Å². The molecular formula is C17H21NO3S. The van der Waals surface area contributed by atoms with Crippen LogP contribution in [0.2, 0.25) is 0 Å². The average Bonchev–Trinajstić information content (AvgIpc) is 3.00. The minimum Gasteiger partial charge on any atom is -0.496 e. The summed E-state index contributed by atoms with van der Waals surface area (Å²) in [6, 6.07) is 7.84. The van der Waals surface area contributed by atoms with Crippen molar-refractivity contribution in [2.75, 3.05) is 20.8 Å². The molecular weight excluding hydrogens is 298 g/mol. The van der Waals surface area contributed by atoms with Crippen LogP contribution in [-0.2, 0) is 17.6 Å². The van der Waals surface area contributed by atoms with E-state index in [2.05, 4.69) is 5.32 Å². The van der Waals surface area contributed by atoms with E-state index in [1.54, 1.807) is 25.6 Å². The molecule has 0 radical (unpaired) electrons. The van der Waals surface area contributed by atoms with Gasteiger partial charge in [-0.25, -0.2) is 0 Å². The third kappa shape index (κ3) is 4.01. The van der Waals surface area contributed by atoms with E-state index >= 15 is 0 Å². The molecule has 0 saturated heterocycles. The van der Waals surface area contributed by atoms with Gasteiger partial charge in [0.2, 0.25) is 5.91 Å². The summed E-state index contributed by atoms with van der Waals surface area (Å²) in [5, 5.41) is 4.93. The molecule has 1 aromatic heterocycles. The molecule has 0 aliphatic rings. The van der Waals surface area contributed by atoms with Crippen LogP contribution in [0, 0.1) is 6.92 Å². The highest BCUT2D eigenvalue weighted by molar-refractivity contribution is 7.10. The van der Waals surface area contributed by atoms with E-state index in [1.165, 1.54) is 0 Å². The van der Waals surface area contributed by atoms with Gasteiger partial charge in [0.05, 0.1) is 20.6 Å². The highest BCUT2D eigenvalue weighted by Crippen LogP contribution is 2.31. The summed E-state index contributed by atoms with van der Waals surface area (Å²) in [6.45, 7) is 2.56. The smallest absolute Gasteiger partial charge is 0.225 e. The van der Waals surface area contributed by atoms with Crippen molar-refractivity contribution in [3.8, 4) is 11.5 Å². The summed E-state index contributed by atoms with van der Waals surface area (Å²) >= 11 is 1.60. The van der Waals surface area contributed by atoms with E-state index in [0.717, 1.165) is 33.9 Å². The van der Waals surface area contributed by atoms with Crippen molar-refractivity contribution in [1.29, 1.82) is 0 Å². The molecule has 22 heavy (non-hydrogen) atoms. The van der Waals surface area contributed by atoms with Gasteiger partial charge >= 0.3 is 0 Å². The van der Waals surface area contributed by atoms with Crippen LogP contribution in [-0.4, -0.2) is 26.7 Å². The summed E-state index contributed by atoms with van der Waals surface area (Å²) in [7, 11) is 3.30. The highest BCUT2D eigenvalue weighted by atomic mass is 32.1. The highest BCUT2D eigenvalue weighted by Gasteiger charge is 2.11. The maximum Gasteiger partial charge on any atom is 0.225 e. The number of hydrogen-bond acceptors (Lipinski definition) is 4. The van der Waals surface area contributed by atoms with Crippen molar-refractivity contribution >= 4 is 17.2 Å². The fraction of sp³-hybridized carbons (Fsp3) is 0.353.